The van der Waals surface area contributed by atoms with Crippen LogP contribution in [-0.2, 0) is 13.0 Å². The Morgan fingerprint density at radius 1 is 1.29 bits per heavy atom. The van der Waals surface area contributed by atoms with E-state index in [0.717, 1.165) is 31.3 Å². The Hall–Kier alpha value is -0.960. The third-order valence-electron chi connectivity index (χ3n) is 3.97. The predicted molar refractivity (Wildman–Crippen MR) is 68.1 cm³/mol. The van der Waals surface area contributed by atoms with Gasteiger partial charge < -0.3 is 5.32 Å². The van der Waals surface area contributed by atoms with E-state index in [1.165, 1.54) is 23.4 Å². The second-order valence-electron chi connectivity index (χ2n) is 5.79. The molecular formula is C14H21N3. The van der Waals surface area contributed by atoms with Crippen LogP contribution in [0.15, 0.2) is 0 Å². The Morgan fingerprint density at radius 3 is 2.71 bits per heavy atom. The molecule has 2 atom stereocenters. The minimum atomic E-state index is 0.499. The summed E-state index contributed by atoms with van der Waals surface area (Å²) in [7, 11) is 0. The molecule has 2 heterocycles. The van der Waals surface area contributed by atoms with Crippen molar-refractivity contribution in [1.82, 2.24) is 15.3 Å². The zero-order chi connectivity index (χ0) is 12.0. The molecule has 0 aromatic carbocycles. The van der Waals surface area contributed by atoms with Crippen LogP contribution in [0.2, 0.25) is 0 Å². The maximum Gasteiger partial charge on any atom is 0.132 e. The smallest absolute Gasteiger partial charge is 0.132 e. The Labute approximate surface area is 103 Å². The first-order valence-corrected chi connectivity index (χ1v) is 6.77. The molecule has 0 radical (unpaired) electrons. The Bertz CT molecular complexity index is 439. The van der Waals surface area contributed by atoms with Gasteiger partial charge in [-0.1, -0.05) is 20.8 Å². The predicted octanol–water partition coefficient (Wildman–Crippen LogP) is 2.37. The molecule has 0 saturated heterocycles. The molecule has 1 saturated carbocycles. The number of rotatable bonds is 2. The molecule has 2 unspecified atom stereocenters. The van der Waals surface area contributed by atoms with Gasteiger partial charge in [0.25, 0.3) is 0 Å². The fourth-order valence-corrected chi connectivity index (χ4v) is 2.71. The second kappa shape index (κ2) is 4.05. The summed E-state index contributed by atoms with van der Waals surface area (Å²) in [5.41, 5.74) is 3.94. The van der Waals surface area contributed by atoms with Crippen molar-refractivity contribution in [3.05, 3.63) is 22.8 Å². The summed E-state index contributed by atoms with van der Waals surface area (Å²) in [6.45, 7) is 8.77. The molecule has 17 heavy (non-hydrogen) atoms. The molecule has 1 N–H and O–H groups in total. The van der Waals surface area contributed by atoms with Gasteiger partial charge in [0.15, 0.2) is 0 Å². The summed E-state index contributed by atoms with van der Waals surface area (Å²) >= 11 is 0. The molecule has 1 aliphatic carbocycles. The van der Waals surface area contributed by atoms with Gasteiger partial charge in [-0.15, -0.1) is 0 Å². The van der Waals surface area contributed by atoms with Gasteiger partial charge >= 0.3 is 0 Å². The van der Waals surface area contributed by atoms with Crippen LogP contribution in [-0.4, -0.2) is 16.5 Å². The van der Waals surface area contributed by atoms with Gasteiger partial charge in [-0.05, 0) is 18.3 Å². The number of hydrogen-bond acceptors (Lipinski definition) is 3. The fourth-order valence-electron chi connectivity index (χ4n) is 2.71. The van der Waals surface area contributed by atoms with Crippen LogP contribution >= 0.6 is 0 Å². The average molecular weight is 231 g/mol. The van der Waals surface area contributed by atoms with Gasteiger partial charge in [0.1, 0.15) is 5.82 Å². The van der Waals surface area contributed by atoms with E-state index in [-0.39, 0.29) is 0 Å². The molecule has 0 spiro atoms. The third-order valence-corrected chi connectivity index (χ3v) is 3.97. The van der Waals surface area contributed by atoms with Crippen LogP contribution in [0, 0.1) is 5.92 Å². The molecule has 2 aliphatic rings. The quantitative estimate of drug-likeness (QED) is 0.849. The van der Waals surface area contributed by atoms with E-state index >= 15 is 0 Å². The van der Waals surface area contributed by atoms with E-state index in [2.05, 4.69) is 26.1 Å². The molecule has 1 aromatic rings. The normalized spacial score (nSPS) is 27.1. The van der Waals surface area contributed by atoms with Gasteiger partial charge in [-0.3, -0.25) is 0 Å². The summed E-state index contributed by atoms with van der Waals surface area (Å²) in [5.74, 6) is 3.03. The first kappa shape index (κ1) is 11.1. The van der Waals surface area contributed by atoms with Gasteiger partial charge in [0.2, 0.25) is 0 Å². The van der Waals surface area contributed by atoms with E-state index in [4.69, 9.17) is 9.97 Å². The van der Waals surface area contributed by atoms with E-state index < -0.39 is 0 Å². The zero-order valence-electron chi connectivity index (χ0n) is 11.0. The van der Waals surface area contributed by atoms with Crippen LogP contribution in [0.5, 0.6) is 0 Å². The maximum atomic E-state index is 4.85. The number of nitrogens with zero attached hydrogens (tertiary/aromatic N) is 2. The highest BCUT2D eigenvalue weighted by Gasteiger charge is 2.37. The summed E-state index contributed by atoms with van der Waals surface area (Å²) in [4.78, 5) is 9.66. The van der Waals surface area contributed by atoms with Gasteiger partial charge in [0.05, 0.1) is 11.4 Å². The number of aromatic nitrogens is 2. The zero-order valence-corrected chi connectivity index (χ0v) is 11.0. The molecule has 0 amide bonds. The van der Waals surface area contributed by atoms with E-state index in [1.54, 1.807) is 0 Å². The number of nitrogens with one attached hydrogen (secondary N) is 1. The third kappa shape index (κ3) is 1.97. The standard InChI is InChI=1S/C14H21N3/c1-8(2)13-11-7-15-5-4-12(11)16-14(17-13)10-6-9(10)3/h8-10,15H,4-7H2,1-3H3. The van der Waals surface area contributed by atoms with Crippen LogP contribution < -0.4 is 5.32 Å². The van der Waals surface area contributed by atoms with Crippen molar-refractivity contribution in [2.75, 3.05) is 6.54 Å². The van der Waals surface area contributed by atoms with Gasteiger partial charge in [-0.2, -0.15) is 0 Å². The molecule has 92 valence electrons. The van der Waals surface area contributed by atoms with Crippen molar-refractivity contribution in [3.8, 4) is 0 Å². The van der Waals surface area contributed by atoms with E-state index in [1.807, 2.05) is 0 Å². The van der Waals surface area contributed by atoms with Gasteiger partial charge in [-0.25, -0.2) is 9.97 Å². The van der Waals surface area contributed by atoms with Crippen LogP contribution in [0.25, 0.3) is 0 Å². The summed E-state index contributed by atoms with van der Waals surface area (Å²) in [6, 6.07) is 0. The fraction of sp³-hybridized carbons (Fsp3) is 0.714. The highest BCUT2D eigenvalue weighted by Crippen LogP contribution is 2.45. The van der Waals surface area contributed by atoms with Gasteiger partial charge in [0, 0.05) is 31.0 Å². The van der Waals surface area contributed by atoms with Crippen molar-refractivity contribution in [1.29, 1.82) is 0 Å². The van der Waals surface area contributed by atoms with Crippen LogP contribution in [0.1, 0.15) is 61.8 Å². The van der Waals surface area contributed by atoms with Crippen molar-refractivity contribution < 1.29 is 0 Å². The first-order chi connectivity index (χ1) is 8.16. The van der Waals surface area contributed by atoms with Crippen molar-refractivity contribution in [2.45, 2.75) is 52.0 Å². The average Bonchev–Trinajstić information content (AvgIpc) is 3.05. The van der Waals surface area contributed by atoms with Crippen LogP contribution in [0.4, 0.5) is 0 Å². The molecule has 3 nitrogen and oxygen atoms in total. The highest BCUT2D eigenvalue weighted by molar-refractivity contribution is 5.31. The minimum absolute atomic E-state index is 0.499. The summed E-state index contributed by atoms with van der Waals surface area (Å²) in [5, 5.41) is 3.43. The molecular weight excluding hydrogens is 210 g/mol. The lowest BCUT2D eigenvalue weighted by molar-refractivity contribution is 0.598. The Kier molecular flexibility index (Phi) is 2.66. The minimum Gasteiger partial charge on any atom is -0.312 e. The summed E-state index contributed by atoms with van der Waals surface area (Å²) < 4.78 is 0. The van der Waals surface area contributed by atoms with Crippen molar-refractivity contribution in [3.63, 3.8) is 0 Å². The number of fused-ring (bicyclic) bond motifs is 1. The molecule has 3 rings (SSSR count). The Morgan fingerprint density at radius 2 is 2.06 bits per heavy atom. The monoisotopic (exact) mass is 231 g/mol. The lowest BCUT2D eigenvalue weighted by Crippen LogP contribution is -2.27. The van der Waals surface area contributed by atoms with E-state index in [0.29, 0.717) is 11.8 Å². The van der Waals surface area contributed by atoms with Crippen molar-refractivity contribution in [2.24, 2.45) is 5.92 Å². The lowest BCUT2D eigenvalue weighted by atomic mass is 9.98. The largest absolute Gasteiger partial charge is 0.312 e. The first-order valence-electron chi connectivity index (χ1n) is 6.77. The molecule has 1 aliphatic heterocycles. The molecule has 0 bridgehead atoms. The number of hydrogen-bond donors (Lipinski definition) is 1. The topological polar surface area (TPSA) is 37.8 Å². The highest BCUT2D eigenvalue weighted by atomic mass is 15.0. The summed E-state index contributed by atoms with van der Waals surface area (Å²) in [6.07, 6.45) is 2.33. The van der Waals surface area contributed by atoms with E-state index in [9.17, 15) is 0 Å². The van der Waals surface area contributed by atoms with Crippen LogP contribution in [0.3, 0.4) is 0 Å². The maximum absolute atomic E-state index is 4.85. The second-order valence-corrected chi connectivity index (χ2v) is 5.79. The molecule has 3 heteroatoms. The Balaban J connectivity index is 2.05. The molecule has 1 aromatic heterocycles. The molecule has 1 fully saturated rings. The van der Waals surface area contributed by atoms with Crippen molar-refractivity contribution >= 4 is 0 Å². The SMILES string of the molecule is CC(C)c1nc(C2CC2C)nc2c1CNCC2. The lowest BCUT2D eigenvalue weighted by Gasteiger charge is -2.21.